The van der Waals surface area contributed by atoms with Gasteiger partial charge in [-0.2, -0.15) is 0 Å². The van der Waals surface area contributed by atoms with Gasteiger partial charge in [0.1, 0.15) is 23.8 Å². The predicted octanol–water partition coefficient (Wildman–Crippen LogP) is 5.60. The summed E-state index contributed by atoms with van der Waals surface area (Å²) < 4.78 is 19.8. The zero-order chi connectivity index (χ0) is 27.1. The lowest BCUT2D eigenvalue weighted by molar-refractivity contribution is -0.0537. The third kappa shape index (κ3) is 7.22. The average Bonchev–Trinajstić information content (AvgIpc) is 3.38. The monoisotopic (exact) mass is 541 g/mol. The molecule has 1 N–H and O–H groups in total. The number of aryl methyl sites for hydroxylation is 4. The number of piperidine rings is 1. The summed E-state index contributed by atoms with van der Waals surface area (Å²) in [5.74, 6) is 3.36. The lowest BCUT2D eigenvalue weighted by Gasteiger charge is -2.38. The van der Waals surface area contributed by atoms with E-state index in [1.807, 2.05) is 44.4 Å². The summed E-state index contributed by atoms with van der Waals surface area (Å²) in [6.45, 7) is 10.2. The van der Waals surface area contributed by atoms with E-state index in [0.717, 1.165) is 83.8 Å². The molecule has 2 heterocycles. The molecule has 3 aromatic rings. The Morgan fingerprint density at radius 2 is 1.79 bits per heavy atom. The van der Waals surface area contributed by atoms with Gasteiger partial charge in [-0.05, 0) is 74.1 Å². The Bertz CT molecular complexity index is 1180. The van der Waals surface area contributed by atoms with E-state index in [0.29, 0.717) is 19.4 Å². The molecule has 2 aromatic carbocycles. The number of hydrogen-bond acceptors (Lipinski definition) is 6. The van der Waals surface area contributed by atoms with Crippen molar-refractivity contribution >= 4 is 11.6 Å². The second kappa shape index (κ2) is 12.9. The average molecular weight is 542 g/mol. The smallest absolute Gasteiger partial charge is 0.161 e. The highest BCUT2D eigenvalue weighted by atomic mass is 35.5. The Labute approximate surface area is 231 Å². The number of benzene rings is 2. The Morgan fingerprint density at radius 1 is 1.05 bits per heavy atom. The topological polar surface area (TPSA) is 69.0 Å². The first-order valence-corrected chi connectivity index (χ1v) is 13.8. The predicted molar refractivity (Wildman–Crippen MR) is 151 cm³/mol. The lowest BCUT2D eigenvalue weighted by atomic mass is 9.92. The molecule has 0 aliphatic carbocycles. The van der Waals surface area contributed by atoms with Crippen molar-refractivity contribution < 1.29 is 19.3 Å². The zero-order valence-electron chi connectivity index (χ0n) is 23.0. The number of nitrogens with zero attached hydrogens (tertiary/aromatic N) is 3. The molecule has 7 nitrogen and oxygen atoms in total. The van der Waals surface area contributed by atoms with Crippen LogP contribution in [0.4, 0.5) is 0 Å². The van der Waals surface area contributed by atoms with Crippen LogP contribution < -0.4 is 14.2 Å². The summed E-state index contributed by atoms with van der Waals surface area (Å²) >= 11 is 6.26. The maximum atomic E-state index is 11.1. The number of imidazole rings is 1. The van der Waals surface area contributed by atoms with Crippen LogP contribution in [-0.4, -0.2) is 58.6 Å². The van der Waals surface area contributed by atoms with Gasteiger partial charge in [-0.25, -0.2) is 4.98 Å². The van der Waals surface area contributed by atoms with Crippen molar-refractivity contribution in [3.8, 4) is 17.2 Å². The van der Waals surface area contributed by atoms with Gasteiger partial charge in [0.05, 0.1) is 13.7 Å². The number of methoxy groups -OCH3 is 1. The summed E-state index contributed by atoms with van der Waals surface area (Å²) in [5, 5.41) is 11.9. The SMILES string of the molecule is CCc1nccn1CCCOc1ccc(CN2CCC(O)(COc3cc(C)c(Cl)c(C)c3)CC2)cc1OC. The largest absolute Gasteiger partial charge is 0.493 e. The number of ether oxygens (including phenoxy) is 3. The minimum Gasteiger partial charge on any atom is -0.493 e. The van der Waals surface area contributed by atoms with Gasteiger partial charge in [0.15, 0.2) is 11.5 Å². The molecule has 38 heavy (non-hydrogen) atoms. The fourth-order valence-corrected chi connectivity index (χ4v) is 5.05. The molecule has 206 valence electrons. The molecule has 1 aliphatic rings. The van der Waals surface area contributed by atoms with Gasteiger partial charge in [-0.3, -0.25) is 4.90 Å². The molecule has 0 saturated carbocycles. The highest BCUT2D eigenvalue weighted by Gasteiger charge is 2.33. The fraction of sp³-hybridized carbons (Fsp3) is 0.500. The summed E-state index contributed by atoms with van der Waals surface area (Å²) in [6.07, 6.45) is 7.01. The molecular formula is C30H40ClN3O4. The second-order valence-electron chi connectivity index (χ2n) is 10.2. The summed E-state index contributed by atoms with van der Waals surface area (Å²) in [7, 11) is 1.68. The van der Waals surface area contributed by atoms with Crippen LogP contribution in [0.25, 0.3) is 0 Å². The summed E-state index contributed by atoms with van der Waals surface area (Å²) in [6, 6.07) is 9.99. The summed E-state index contributed by atoms with van der Waals surface area (Å²) in [5.41, 5.74) is 2.29. The van der Waals surface area contributed by atoms with E-state index in [1.54, 1.807) is 7.11 Å². The number of aliphatic hydroxyl groups is 1. The van der Waals surface area contributed by atoms with Gasteiger partial charge in [0.25, 0.3) is 0 Å². The van der Waals surface area contributed by atoms with Crippen LogP contribution in [0, 0.1) is 13.8 Å². The summed E-state index contributed by atoms with van der Waals surface area (Å²) in [4.78, 5) is 6.73. The Balaban J connectivity index is 1.24. The third-order valence-electron chi connectivity index (χ3n) is 7.26. The van der Waals surface area contributed by atoms with E-state index in [1.165, 1.54) is 0 Å². The van der Waals surface area contributed by atoms with Crippen molar-refractivity contribution in [3.63, 3.8) is 0 Å². The maximum Gasteiger partial charge on any atom is 0.161 e. The van der Waals surface area contributed by atoms with E-state index in [-0.39, 0.29) is 6.61 Å². The molecule has 0 unspecified atom stereocenters. The van der Waals surface area contributed by atoms with Gasteiger partial charge in [0.2, 0.25) is 0 Å². The molecule has 0 amide bonds. The molecule has 0 radical (unpaired) electrons. The molecule has 1 aromatic heterocycles. The van der Waals surface area contributed by atoms with Crippen molar-refractivity contribution in [1.82, 2.24) is 14.5 Å². The van der Waals surface area contributed by atoms with Gasteiger partial charge in [0, 0.05) is 50.0 Å². The number of halogens is 1. The maximum absolute atomic E-state index is 11.1. The first-order chi connectivity index (χ1) is 18.3. The number of rotatable bonds is 12. The normalized spacial score (nSPS) is 15.4. The number of likely N-dealkylation sites (tertiary alicyclic amines) is 1. The highest BCUT2D eigenvalue weighted by molar-refractivity contribution is 6.32. The van der Waals surface area contributed by atoms with Gasteiger partial charge in [-0.1, -0.05) is 24.6 Å². The minimum absolute atomic E-state index is 0.280. The Morgan fingerprint density at radius 3 is 2.47 bits per heavy atom. The van der Waals surface area contributed by atoms with E-state index in [4.69, 9.17) is 25.8 Å². The minimum atomic E-state index is -0.831. The highest BCUT2D eigenvalue weighted by Crippen LogP contribution is 2.31. The van der Waals surface area contributed by atoms with Crippen LogP contribution in [0.3, 0.4) is 0 Å². The van der Waals surface area contributed by atoms with Crippen molar-refractivity contribution in [1.29, 1.82) is 0 Å². The molecule has 1 fully saturated rings. The first-order valence-electron chi connectivity index (χ1n) is 13.4. The Hall–Kier alpha value is -2.74. The van der Waals surface area contributed by atoms with Crippen LogP contribution in [0.5, 0.6) is 17.2 Å². The van der Waals surface area contributed by atoms with Crippen LogP contribution >= 0.6 is 11.6 Å². The zero-order valence-corrected chi connectivity index (χ0v) is 23.8. The van der Waals surface area contributed by atoms with Crippen molar-refractivity contribution in [2.45, 2.75) is 65.1 Å². The number of hydrogen-bond donors (Lipinski definition) is 1. The van der Waals surface area contributed by atoms with E-state index < -0.39 is 5.60 Å². The van der Waals surface area contributed by atoms with Crippen LogP contribution in [0.2, 0.25) is 5.02 Å². The molecule has 1 aliphatic heterocycles. The standard InChI is InChI=1S/C30H40ClN3O4/c1-5-28-32-11-15-34(28)12-6-16-37-26-8-7-24(19-27(26)36-4)20-33-13-9-30(35,10-14-33)21-38-25-17-22(2)29(31)23(3)18-25/h7-8,11,15,17-19,35H,5-6,9-10,12-14,16,20-21H2,1-4H3. The lowest BCUT2D eigenvalue weighted by Crippen LogP contribution is -2.47. The van der Waals surface area contributed by atoms with Crippen LogP contribution in [0.1, 0.15) is 48.7 Å². The molecule has 0 spiro atoms. The van der Waals surface area contributed by atoms with Crippen molar-refractivity contribution in [2.75, 3.05) is 33.4 Å². The van der Waals surface area contributed by atoms with Crippen molar-refractivity contribution in [2.24, 2.45) is 0 Å². The Kier molecular flexibility index (Phi) is 9.58. The van der Waals surface area contributed by atoms with Gasteiger partial charge < -0.3 is 23.9 Å². The van der Waals surface area contributed by atoms with Crippen molar-refractivity contribution in [3.05, 3.63) is 70.3 Å². The molecule has 0 bridgehead atoms. The van der Waals surface area contributed by atoms with Gasteiger partial charge >= 0.3 is 0 Å². The second-order valence-corrected chi connectivity index (χ2v) is 10.6. The molecular weight excluding hydrogens is 502 g/mol. The van der Waals surface area contributed by atoms with Crippen LogP contribution in [0.15, 0.2) is 42.7 Å². The fourth-order valence-electron chi connectivity index (χ4n) is 4.94. The third-order valence-corrected chi connectivity index (χ3v) is 7.85. The molecule has 0 atom stereocenters. The van der Waals surface area contributed by atoms with Crippen LogP contribution in [-0.2, 0) is 19.5 Å². The van der Waals surface area contributed by atoms with E-state index >= 15 is 0 Å². The molecule has 1 saturated heterocycles. The first kappa shape index (κ1) is 28.3. The van der Waals surface area contributed by atoms with Gasteiger partial charge in [-0.15, -0.1) is 0 Å². The molecule has 4 rings (SSSR count). The van der Waals surface area contributed by atoms with E-state index in [9.17, 15) is 5.11 Å². The molecule has 8 heteroatoms. The quantitative estimate of drug-likeness (QED) is 0.301. The van der Waals surface area contributed by atoms with E-state index in [2.05, 4.69) is 33.5 Å². The number of aromatic nitrogens is 2.